The van der Waals surface area contributed by atoms with E-state index in [0.717, 1.165) is 50.6 Å². The van der Waals surface area contributed by atoms with E-state index in [1.54, 1.807) is 24.3 Å². The predicted molar refractivity (Wildman–Crippen MR) is 119 cm³/mol. The summed E-state index contributed by atoms with van der Waals surface area (Å²) in [6.07, 6.45) is 6.20. The third kappa shape index (κ3) is 2.31. The van der Waals surface area contributed by atoms with Gasteiger partial charge in [0, 0.05) is 6.54 Å². The van der Waals surface area contributed by atoms with Gasteiger partial charge >= 0.3 is 0 Å². The number of sulfonamides is 1. The highest BCUT2D eigenvalue weighted by Gasteiger charge is 2.74. The fraction of sp³-hybridized carbons (Fsp3) is 0.478. The van der Waals surface area contributed by atoms with Gasteiger partial charge in [0.1, 0.15) is 10.9 Å². The van der Waals surface area contributed by atoms with Gasteiger partial charge in [0.05, 0.1) is 10.6 Å². The zero-order chi connectivity index (χ0) is 21.3. The van der Waals surface area contributed by atoms with Gasteiger partial charge < -0.3 is 0 Å². The summed E-state index contributed by atoms with van der Waals surface area (Å²) in [7, 11) is -3.91. The monoisotopic (exact) mass is 456 g/mol. The lowest BCUT2D eigenvalue weighted by molar-refractivity contribution is -0.0523. The molecule has 3 aliphatic heterocycles. The van der Waals surface area contributed by atoms with Crippen LogP contribution in [0.25, 0.3) is 0 Å². The van der Waals surface area contributed by atoms with Gasteiger partial charge in [-0.25, -0.2) is 12.7 Å². The lowest BCUT2D eigenvalue weighted by Gasteiger charge is -2.57. The van der Waals surface area contributed by atoms with E-state index in [1.165, 1.54) is 4.31 Å². The summed E-state index contributed by atoms with van der Waals surface area (Å²) in [6, 6.07) is 16.2. The molecule has 3 heterocycles. The number of benzene rings is 2. The Morgan fingerprint density at radius 3 is 2.55 bits per heavy atom. The van der Waals surface area contributed by atoms with E-state index >= 15 is 0 Å². The maximum Gasteiger partial charge on any atom is 0.266 e. The van der Waals surface area contributed by atoms with Crippen LogP contribution in [-0.4, -0.2) is 31.2 Å². The maximum absolute atomic E-state index is 14.2. The molecule has 8 heteroatoms. The molecule has 1 aliphatic carbocycles. The van der Waals surface area contributed by atoms with Crippen molar-refractivity contribution in [3.8, 4) is 0 Å². The molecule has 1 saturated heterocycles. The Hall–Kier alpha value is -2.12. The van der Waals surface area contributed by atoms with Crippen molar-refractivity contribution < 1.29 is 8.42 Å². The van der Waals surface area contributed by atoms with Crippen LogP contribution in [0.2, 0.25) is 0 Å². The molecule has 0 aromatic heterocycles. The third-order valence-electron chi connectivity index (χ3n) is 7.73. The Balaban J connectivity index is 1.64. The van der Waals surface area contributed by atoms with Crippen LogP contribution in [0.4, 0.5) is 5.69 Å². The number of hydrogen-bond donors (Lipinski definition) is 0. The summed E-state index contributed by atoms with van der Waals surface area (Å²) in [5, 5.41) is 10.9. The highest BCUT2D eigenvalue weighted by Crippen LogP contribution is 2.66. The number of anilines is 1. The number of hydrogen-bond acceptors (Lipinski definition) is 5. The Morgan fingerprint density at radius 1 is 0.968 bits per heavy atom. The molecule has 0 amide bonds. The molecule has 4 atom stereocenters. The van der Waals surface area contributed by atoms with Crippen molar-refractivity contribution in [3.05, 3.63) is 60.2 Å². The molecule has 2 fully saturated rings. The minimum atomic E-state index is -3.91. The van der Waals surface area contributed by atoms with Gasteiger partial charge in [-0.05, 0) is 55.4 Å². The van der Waals surface area contributed by atoms with Crippen molar-refractivity contribution in [1.29, 1.82) is 0 Å². The van der Waals surface area contributed by atoms with Crippen LogP contribution >= 0.6 is 11.6 Å². The number of alkyl halides is 1. The van der Waals surface area contributed by atoms with Gasteiger partial charge in [0.15, 0.2) is 0 Å². The van der Waals surface area contributed by atoms with Crippen LogP contribution in [0.1, 0.15) is 49.5 Å². The standard InChI is InChI=1S/C23H25ClN4O2S/c24-21-19-13-4-5-14-20(19)28(31(29,30)18-11-2-1-3-12-18)23(21)22-15-7-6-9-17(22)10-8-16-27(22)26-25-23/h1-5,11-14,17,21H,6-10,15-16H2/t17-,21-,22-,23-/m1/s1. The van der Waals surface area contributed by atoms with Gasteiger partial charge in [0.25, 0.3) is 10.0 Å². The molecule has 2 aromatic rings. The average Bonchev–Trinajstić information content (AvgIpc) is 3.27. The van der Waals surface area contributed by atoms with E-state index in [2.05, 4.69) is 10.2 Å². The van der Waals surface area contributed by atoms with E-state index < -0.39 is 26.6 Å². The molecule has 2 spiro atoms. The summed E-state index contributed by atoms with van der Waals surface area (Å²) >= 11 is 7.24. The van der Waals surface area contributed by atoms with E-state index in [9.17, 15) is 8.42 Å². The first-order valence-electron chi connectivity index (χ1n) is 11.1. The number of nitrogens with zero attached hydrogens (tertiary/aromatic N) is 4. The van der Waals surface area contributed by atoms with Crippen molar-refractivity contribution in [1.82, 2.24) is 5.01 Å². The minimum Gasteiger partial charge on any atom is -0.268 e. The molecule has 6 nitrogen and oxygen atoms in total. The Bertz CT molecular complexity index is 1160. The van der Waals surface area contributed by atoms with Gasteiger partial charge in [-0.3, -0.25) is 5.01 Å². The normalized spacial score (nSPS) is 34.0. The number of rotatable bonds is 2. The van der Waals surface area contributed by atoms with Crippen molar-refractivity contribution in [2.24, 2.45) is 16.3 Å². The molecule has 0 N–H and O–H groups in total. The summed E-state index contributed by atoms with van der Waals surface area (Å²) in [4.78, 5) is 0.253. The molecular weight excluding hydrogens is 432 g/mol. The Kier molecular flexibility index (Phi) is 4.22. The molecule has 2 aromatic carbocycles. The van der Waals surface area contributed by atoms with E-state index in [-0.39, 0.29) is 4.90 Å². The third-order valence-corrected chi connectivity index (χ3v) is 10.1. The topological polar surface area (TPSA) is 65.3 Å². The minimum absolute atomic E-state index is 0.253. The summed E-state index contributed by atoms with van der Waals surface area (Å²) in [6.45, 7) is 0.793. The quantitative estimate of drug-likeness (QED) is 0.577. The second-order valence-electron chi connectivity index (χ2n) is 9.05. The number of fused-ring (bicyclic) bond motifs is 1. The molecule has 162 valence electrons. The van der Waals surface area contributed by atoms with Crippen LogP contribution in [0, 0.1) is 5.92 Å². The molecule has 1 saturated carbocycles. The van der Waals surface area contributed by atoms with E-state index in [4.69, 9.17) is 16.7 Å². The first-order valence-corrected chi connectivity index (χ1v) is 12.9. The predicted octanol–water partition coefficient (Wildman–Crippen LogP) is 5.28. The average molecular weight is 457 g/mol. The van der Waals surface area contributed by atoms with Crippen LogP contribution in [0.3, 0.4) is 0 Å². The van der Waals surface area contributed by atoms with Crippen LogP contribution < -0.4 is 4.31 Å². The van der Waals surface area contributed by atoms with Crippen LogP contribution in [0.5, 0.6) is 0 Å². The van der Waals surface area contributed by atoms with Crippen molar-refractivity contribution in [2.45, 2.75) is 60.0 Å². The highest BCUT2D eigenvalue weighted by molar-refractivity contribution is 7.93. The molecule has 31 heavy (non-hydrogen) atoms. The van der Waals surface area contributed by atoms with Gasteiger partial charge in [-0.15, -0.1) is 16.7 Å². The lowest BCUT2D eigenvalue weighted by Crippen LogP contribution is -2.72. The molecule has 0 unspecified atom stereocenters. The zero-order valence-corrected chi connectivity index (χ0v) is 18.8. The molecule has 0 radical (unpaired) electrons. The largest absolute Gasteiger partial charge is 0.268 e. The van der Waals surface area contributed by atoms with Gasteiger partial charge in [-0.1, -0.05) is 54.5 Å². The second kappa shape index (κ2) is 6.69. The molecule has 0 bridgehead atoms. The molecule has 6 rings (SSSR count). The first kappa shape index (κ1) is 19.6. The fourth-order valence-electron chi connectivity index (χ4n) is 6.53. The number of halogens is 1. The smallest absolute Gasteiger partial charge is 0.266 e. The maximum atomic E-state index is 14.2. The molecular formula is C23H25ClN4O2S. The van der Waals surface area contributed by atoms with Gasteiger partial charge in [-0.2, -0.15) is 0 Å². The van der Waals surface area contributed by atoms with Gasteiger partial charge in [0.2, 0.25) is 5.66 Å². The fourth-order valence-corrected chi connectivity index (χ4v) is 8.91. The SMILES string of the molecule is O=S(=O)(c1ccccc1)N1c2ccccc2[C@@H](Cl)[C@@]12N=NN1CCC[C@H]3CCCC[C@]312. The summed E-state index contributed by atoms with van der Waals surface area (Å²) in [5.41, 5.74) is -0.264. The second-order valence-corrected chi connectivity index (χ2v) is 11.3. The van der Waals surface area contributed by atoms with E-state index in [1.807, 2.05) is 30.3 Å². The van der Waals surface area contributed by atoms with Crippen LogP contribution in [-0.2, 0) is 10.0 Å². The van der Waals surface area contributed by atoms with Crippen LogP contribution in [0.15, 0.2) is 69.8 Å². The first-order chi connectivity index (χ1) is 15.0. The number of piperidine rings is 1. The zero-order valence-electron chi connectivity index (χ0n) is 17.2. The van der Waals surface area contributed by atoms with E-state index in [0.29, 0.717) is 11.6 Å². The molecule has 4 aliphatic rings. The van der Waals surface area contributed by atoms with Crippen molar-refractivity contribution in [3.63, 3.8) is 0 Å². The number of para-hydroxylation sites is 1. The summed E-state index contributed by atoms with van der Waals surface area (Å²) < 4.78 is 29.9. The van der Waals surface area contributed by atoms with Crippen molar-refractivity contribution >= 4 is 27.3 Å². The Morgan fingerprint density at radius 2 is 1.71 bits per heavy atom. The Labute approximate surface area is 187 Å². The summed E-state index contributed by atoms with van der Waals surface area (Å²) in [5.74, 6) is 0.314. The van der Waals surface area contributed by atoms with Crippen molar-refractivity contribution in [2.75, 3.05) is 10.8 Å². The lowest BCUT2D eigenvalue weighted by atomic mass is 9.61. The highest BCUT2D eigenvalue weighted by atomic mass is 35.5.